The van der Waals surface area contributed by atoms with Crippen LogP contribution in [0.2, 0.25) is 0 Å². The first-order chi connectivity index (χ1) is 6.95. The van der Waals surface area contributed by atoms with Crippen molar-refractivity contribution in [2.24, 2.45) is 0 Å². The monoisotopic (exact) mass is 228 g/mol. The lowest BCUT2D eigenvalue weighted by molar-refractivity contribution is -0.137. The van der Waals surface area contributed by atoms with Crippen molar-refractivity contribution < 1.29 is 17.9 Å². The van der Waals surface area contributed by atoms with Crippen LogP contribution < -0.4 is 0 Å². The number of ether oxygens (including phenoxy) is 1. The quantitative estimate of drug-likeness (QED) is 0.722. The number of carbonyl (C=O) groups excluding carboxylic acids is 1. The third-order valence-corrected chi connectivity index (χ3v) is 3.47. The van der Waals surface area contributed by atoms with Gasteiger partial charge in [0.15, 0.2) is 15.6 Å². The number of aryl methyl sites for hydroxylation is 1. The Kier molecular flexibility index (Phi) is 3.47. The van der Waals surface area contributed by atoms with Gasteiger partial charge in [-0.05, 0) is 24.6 Å². The van der Waals surface area contributed by atoms with Crippen LogP contribution in [-0.2, 0) is 19.4 Å². The molecule has 0 fully saturated rings. The number of methoxy groups -OCH3 is 1. The highest BCUT2D eigenvalue weighted by atomic mass is 32.2. The van der Waals surface area contributed by atoms with Gasteiger partial charge in [-0.2, -0.15) is 0 Å². The van der Waals surface area contributed by atoms with Crippen LogP contribution >= 0.6 is 0 Å². The molecule has 0 aliphatic rings. The maximum absolute atomic E-state index is 11.7. The summed E-state index contributed by atoms with van der Waals surface area (Å²) < 4.78 is 27.6. The first-order valence-electron chi connectivity index (χ1n) is 4.32. The van der Waals surface area contributed by atoms with Gasteiger partial charge in [0.2, 0.25) is 0 Å². The van der Waals surface area contributed by atoms with Crippen LogP contribution in [0, 0.1) is 6.92 Å². The predicted octanol–water partition coefficient (Wildman–Crippen LogP) is 0.942. The molecule has 1 aromatic rings. The third kappa shape index (κ3) is 3.06. The predicted molar refractivity (Wildman–Crippen MR) is 55.2 cm³/mol. The van der Waals surface area contributed by atoms with Crippen molar-refractivity contribution >= 4 is 15.8 Å². The second kappa shape index (κ2) is 4.44. The van der Waals surface area contributed by atoms with Crippen LogP contribution in [0.1, 0.15) is 5.56 Å². The molecular weight excluding hydrogens is 216 g/mol. The molecule has 0 saturated heterocycles. The van der Waals surface area contributed by atoms with Gasteiger partial charge in [-0.1, -0.05) is 12.1 Å². The minimum atomic E-state index is -3.57. The summed E-state index contributed by atoms with van der Waals surface area (Å²) in [6.07, 6.45) is 0. The topological polar surface area (TPSA) is 60.4 Å². The van der Waals surface area contributed by atoms with Gasteiger partial charge in [0, 0.05) is 0 Å². The molecule has 0 N–H and O–H groups in total. The second-order valence-electron chi connectivity index (χ2n) is 3.15. The first-order valence-corrected chi connectivity index (χ1v) is 5.97. The van der Waals surface area contributed by atoms with Crippen LogP contribution in [0.5, 0.6) is 0 Å². The van der Waals surface area contributed by atoms with Crippen molar-refractivity contribution in [1.29, 1.82) is 0 Å². The molecule has 0 aliphatic heterocycles. The number of rotatable bonds is 3. The van der Waals surface area contributed by atoms with Crippen LogP contribution in [0.25, 0.3) is 0 Å². The average Bonchev–Trinajstić information content (AvgIpc) is 2.17. The number of sulfone groups is 1. The van der Waals surface area contributed by atoms with Gasteiger partial charge >= 0.3 is 5.97 Å². The number of esters is 1. The molecule has 0 atom stereocenters. The van der Waals surface area contributed by atoms with Crippen molar-refractivity contribution in [2.45, 2.75) is 11.8 Å². The summed E-state index contributed by atoms with van der Waals surface area (Å²) in [6, 6.07) is 6.42. The molecule has 0 bridgehead atoms. The van der Waals surface area contributed by atoms with Gasteiger partial charge in [0.25, 0.3) is 0 Å². The summed E-state index contributed by atoms with van der Waals surface area (Å²) in [7, 11) is -2.41. The highest BCUT2D eigenvalue weighted by Crippen LogP contribution is 2.12. The number of benzene rings is 1. The Morgan fingerprint density at radius 1 is 1.40 bits per heavy atom. The highest BCUT2D eigenvalue weighted by Gasteiger charge is 2.19. The zero-order valence-electron chi connectivity index (χ0n) is 8.56. The van der Waals surface area contributed by atoms with Crippen molar-refractivity contribution in [3.8, 4) is 0 Å². The Balaban J connectivity index is 3.01. The van der Waals surface area contributed by atoms with Gasteiger partial charge < -0.3 is 4.74 Å². The zero-order chi connectivity index (χ0) is 11.5. The van der Waals surface area contributed by atoms with E-state index >= 15 is 0 Å². The molecule has 0 radical (unpaired) electrons. The maximum atomic E-state index is 11.7. The summed E-state index contributed by atoms with van der Waals surface area (Å²) in [6.45, 7) is 1.79. The van der Waals surface area contributed by atoms with Crippen molar-refractivity contribution in [3.05, 3.63) is 29.8 Å². The Labute approximate surface area is 88.8 Å². The fraction of sp³-hybridized carbons (Fsp3) is 0.300. The van der Waals surface area contributed by atoms with E-state index in [2.05, 4.69) is 4.74 Å². The van der Waals surface area contributed by atoms with E-state index in [0.29, 0.717) is 0 Å². The summed E-state index contributed by atoms with van der Waals surface area (Å²) in [5, 5.41) is 0. The molecule has 5 heteroatoms. The molecule has 15 heavy (non-hydrogen) atoms. The number of hydrogen-bond acceptors (Lipinski definition) is 4. The van der Waals surface area contributed by atoms with Gasteiger partial charge in [0.1, 0.15) is 0 Å². The molecule has 82 valence electrons. The summed E-state index contributed by atoms with van der Waals surface area (Å²) in [5.74, 6) is -1.37. The largest absolute Gasteiger partial charge is 0.468 e. The zero-order valence-corrected chi connectivity index (χ0v) is 9.37. The Morgan fingerprint density at radius 3 is 2.60 bits per heavy atom. The van der Waals surface area contributed by atoms with Crippen LogP contribution in [-0.4, -0.2) is 27.2 Å². The molecule has 0 heterocycles. The highest BCUT2D eigenvalue weighted by molar-refractivity contribution is 7.92. The van der Waals surface area contributed by atoms with Crippen LogP contribution in [0.3, 0.4) is 0 Å². The Bertz CT molecular complexity index is 462. The maximum Gasteiger partial charge on any atom is 0.321 e. The van der Waals surface area contributed by atoms with Gasteiger partial charge in [-0.3, -0.25) is 4.79 Å². The molecule has 0 aromatic heterocycles. The van der Waals surface area contributed by atoms with E-state index in [0.717, 1.165) is 12.7 Å². The molecule has 0 aliphatic carbocycles. The van der Waals surface area contributed by atoms with Gasteiger partial charge in [-0.25, -0.2) is 8.42 Å². The lowest BCUT2D eigenvalue weighted by Gasteiger charge is -2.03. The van der Waals surface area contributed by atoms with E-state index in [4.69, 9.17) is 0 Å². The molecule has 1 rings (SSSR count). The number of carbonyl (C=O) groups is 1. The molecule has 0 unspecified atom stereocenters. The summed E-state index contributed by atoms with van der Waals surface area (Å²) in [4.78, 5) is 11.0. The van der Waals surface area contributed by atoms with Gasteiger partial charge in [-0.15, -0.1) is 0 Å². The Morgan fingerprint density at radius 2 is 2.07 bits per heavy atom. The molecule has 0 spiro atoms. The van der Waals surface area contributed by atoms with Crippen molar-refractivity contribution in [3.63, 3.8) is 0 Å². The van der Waals surface area contributed by atoms with Crippen molar-refractivity contribution in [1.82, 2.24) is 0 Å². The second-order valence-corrected chi connectivity index (χ2v) is 5.14. The smallest absolute Gasteiger partial charge is 0.321 e. The minimum Gasteiger partial charge on any atom is -0.468 e. The SMILES string of the molecule is COC(=O)CS(=O)(=O)c1cccc(C)c1. The molecule has 0 amide bonds. The van der Waals surface area contributed by atoms with Crippen LogP contribution in [0.4, 0.5) is 0 Å². The lowest BCUT2D eigenvalue weighted by Crippen LogP contribution is -2.17. The molecule has 4 nitrogen and oxygen atoms in total. The third-order valence-electron chi connectivity index (χ3n) is 1.88. The van der Waals surface area contributed by atoms with E-state index in [-0.39, 0.29) is 4.90 Å². The van der Waals surface area contributed by atoms with E-state index in [1.54, 1.807) is 19.1 Å². The summed E-state index contributed by atoms with van der Waals surface area (Å²) >= 11 is 0. The minimum absolute atomic E-state index is 0.146. The standard InChI is InChI=1S/C10H12O4S/c1-8-4-3-5-9(6-8)15(12,13)7-10(11)14-2/h3-6H,7H2,1-2H3. The molecule has 1 aromatic carbocycles. The van der Waals surface area contributed by atoms with E-state index in [9.17, 15) is 13.2 Å². The fourth-order valence-electron chi connectivity index (χ4n) is 1.11. The fourth-order valence-corrected chi connectivity index (χ4v) is 2.35. The molecule has 0 saturated carbocycles. The van der Waals surface area contributed by atoms with E-state index in [1.165, 1.54) is 12.1 Å². The summed E-state index contributed by atoms with van der Waals surface area (Å²) in [5.41, 5.74) is 0.834. The molecular formula is C10H12O4S. The normalized spacial score (nSPS) is 11.1. The lowest BCUT2D eigenvalue weighted by atomic mass is 10.2. The van der Waals surface area contributed by atoms with E-state index in [1.807, 2.05) is 0 Å². The van der Waals surface area contributed by atoms with Crippen LogP contribution in [0.15, 0.2) is 29.2 Å². The average molecular weight is 228 g/mol. The van der Waals surface area contributed by atoms with Gasteiger partial charge in [0.05, 0.1) is 12.0 Å². The number of hydrogen-bond donors (Lipinski definition) is 0. The van der Waals surface area contributed by atoms with E-state index < -0.39 is 21.6 Å². The first kappa shape index (κ1) is 11.7. The Hall–Kier alpha value is -1.36. The van der Waals surface area contributed by atoms with Crippen molar-refractivity contribution in [2.75, 3.05) is 12.9 Å².